The maximum Gasteiger partial charge on any atom is 0.305 e. The van der Waals surface area contributed by atoms with Crippen molar-refractivity contribution in [3.8, 4) is 0 Å². The predicted molar refractivity (Wildman–Crippen MR) is 136 cm³/mol. The zero-order valence-electron chi connectivity index (χ0n) is 20.6. The Morgan fingerprint density at radius 2 is 1.41 bits per heavy atom. The van der Waals surface area contributed by atoms with Gasteiger partial charge in [-0.15, -0.1) is 0 Å². The molecule has 0 aliphatic carbocycles. The molecule has 2 aromatic rings. The topological polar surface area (TPSA) is 38.8 Å². The lowest BCUT2D eigenvalue weighted by atomic mass is 10.2. The predicted octanol–water partition coefficient (Wildman–Crippen LogP) is 4.62. The van der Waals surface area contributed by atoms with E-state index in [1.807, 2.05) is 6.92 Å². The summed E-state index contributed by atoms with van der Waals surface area (Å²) in [5.41, 5.74) is 0. The van der Waals surface area contributed by atoms with E-state index in [2.05, 4.69) is 93.4 Å². The first kappa shape index (κ1) is 26.3. The summed E-state index contributed by atoms with van der Waals surface area (Å²) in [7, 11) is -0.314. The van der Waals surface area contributed by atoms with Gasteiger partial charge in [0.1, 0.15) is 0 Å². The Morgan fingerprint density at radius 3 is 1.91 bits per heavy atom. The Balaban J connectivity index is 1.97. The van der Waals surface area contributed by atoms with Crippen LogP contribution in [0.1, 0.15) is 53.4 Å². The van der Waals surface area contributed by atoms with Crippen molar-refractivity contribution >= 4 is 24.7 Å². The highest BCUT2D eigenvalue weighted by Gasteiger charge is 2.49. The maximum absolute atomic E-state index is 11.5. The quantitative estimate of drug-likeness (QED) is 0.251. The Morgan fingerprint density at radius 1 is 0.875 bits per heavy atom. The third kappa shape index (κ3) is 7.29. The summed E-state index contributed by atoms with van der Waals surface area (Å²) < 4.78 is 11.9. The van der Waals surface area contributed by atoms with E-state index in [1.165, 1.54) is 10.4 Å². The second-order valence-corrected chi connectivity index (χ2v) is 13.7. The number of hydrogen-bond donors (Lipinski definition) is 0. The van der Waals surface area contributed by atoms with Gasteiger partial charge in [-0.3, -0.25) is 4.79 Å². The van der Waals surface area contributed by atoms with Crippen LogP contribution in [0.5, 0.6) is 0 Å². The third-order valence-electron chi connectivity index (χ3n) is 5.90. The fraction of sp³-hybridized carbons (Fsp3) is 0.519. The minimum atomic E-state index is -2.43. The average Bonchev–Trinajstić information content (AvgIpc) is 2.77. The summed E-state index contributed by atoms with van der Waals surface area (Å²) in [6, 6.07) is 21.6. The molecule has 32 heavy (non-hydrogen) atoms. The number of hydrogen-bond acceptors (Lipinski definition) is 4. The maximum atomic E-state index is 11.5. The van der Waals surface area contributed by atoms with Gasteiger partial charge in [-0.1, -0.05) is 81.4 Å². The molecule has 0 aliphatic rings. The molecule has 5 heteroatoms. The summed E-state index contributed by atoms with van der Waals surface area (Å²) in [6.07, 6.45) is 3.43. The van der Waals surface area contributed by atoms with E-state index in [4.69, 9.17) is 9.16 Å². The number of nitrogens with zero attached hydrogens (tertiary/aromatic N) is 1. The van der Waals surface area contributed by atoms with Gasteiger partial charge < -0.3 is 14.1 Å². The molecule has 0 saturated carbocycles. The first-order valence-corrected chi connectivity index (χ1v) is 13.8. The molecule has 0 fully saturated rings. The second kappa shape index (κ2) is 12.9. The number of unbranched alkanes of at least 4 members (excludes halogenated alkanes) is 1. The van der Waals surface area contributed by atoms with E-state index in [1.54, 1.807) is 0 Å². The molecule has 0 spiro atoms. The Bertz CT molecular complexity index is 750. The highest BCUT2D eigenvalue weighted by molar-refractivity contribution is 6.99. The molecule has 0 bridgehead atoms. The normalized spacial score (nSPS) is 12.2. The van der Waals surface area contributed by atoms with E-state index in [-0.39, 0.29) is 11.0 Å². The van der Waals surface area contributed by atoms with E-state index >= 15 is 0 Å². The number of ether oxygens (including phenoxy) is 1. The van der Waals surface area contributed by atoms with Crippen LogP contribution in [0.3, 0.4) is 0 Å². The van der Waals surface area contributed by atoms with Crippen LogP contribution in [-0.2, 0) is 14.0 Å². The molecule has 0 amide bonds. The SMILES string of the molecule is CCOC(=O)CCCN(C)CCCCO[Si](c1ccccc1)(c1ccccc1)C(C)(C)C. The number of benzene rings is 2. The summed E-state index contributed by atoms with van der Waals surface area (Å²) in [6.45, 7) is 11.9. The smallest absolute Gasteiger partial charge is 0.305 e. The van der Waals surface area contributed by atoms with Gasteiger partial charge in [-0.2, -0.15) is 0 Å². The highest BCUT2D eigenvalue weighted by atomic mass is 28.4. The van der Waals surface area contributed by atoms with Crippen molar-refractivity contribution in [2.45, 2.75) is 58.4 Å². The van der Waals surface area contributed by atoms with Gasteiger partial charge in [-0.25, -0.2) is 0 Å². The van der Waals surface area contributed by atoms with Gasteiger partial charge in [0, 0.05) is 13.0 Å². The number of carbonyl (C=O) groups excluding carboxylic acids is 1. The van der Waals surface area contributed by atoms with Crippen LogP contribution in [0.2, 0.25) is 5.04 Å². The van der Waals surface area contributed by atoms with Crippen molar-refractivity contribution in [1.29, 1.82) is 0 Å². The first-order chi connectivity index (χ1) is 15.3. The Hall–Kier alpha value is -1.95. The van der Waals surface area contributed by atoms with Crippen LogP contribution in [0.25, 0.3) is 0 Å². The lowest BCUT2D eigenvalue weighted by Crippen LogP contribution is -2.66. The minimum Gasteiger partial charge on any atom is -0.466 e. The van der Waals surface area contributed by atoms with Gasteiger partial charge in [0.2, 0.25) is 0 Å². The molecule has 0 aromatic heterocycles. The van der Waals surface area contributed by atoms with Gasteiger partial charge in [0.05, 0.1) is 6.61 Å². The number of esters is 1. The molecule has 0 heterocycles. The van der Waals surface area contributed by atoms with Gasteiger partial charge in [-0.05, 0) is 61.7 Å². The van der Waals surface area contributed by atoms with E-state index < -0.39 is 8.32 Å². The average molecular weight is 456 g/mol. The molecule has 0 aliphatic heterocycles. The fourth-order valence-electron chi connectivity index (χ4n) is 4.31. The van der Waals surface area contributed by atoms with Crippen molar-refractivity contribution in [3.63, 3.8) is 0 Å². The van der Waals surface area contributed by atoms with Crippen molar-refractivity contribution in [3.05, 3.63) is 60.7 Å². The zero-order valence-corrected chi connectivity index (χ0v) is 21.6. The van der Waals surface area contributed by atoms with Crippen LogP contribution in [0, 0.1) is 0 Å². The molecular formula is C27H41NO3Si. The summed E-state index contributed by atoms with van der Waals surface area (Å²) >= 11 is 0. The van der Waals surface area contributed by atoms with Crippen molar-refractivity contribution in [1.82, 2.24) is 4.90 Å². The van der Waals surface area contributed by atoms with Gasteiger partial charge >= 0.3 is 5.97 Å². The van der Waals surface area contributed by atoms with Crippen LogP contribution in [0.15, 0.2) is 60.7 Å². The van der Waals surface area contributed by atoms with Crippen LogP contribution in [-0.4, -0.2) is 52.5 Å². The molecule has 2 aromatic carbocycles. The molecule has 0 radical (unpaired) electrons. The van der Waals surface area contributed by atoms with E-state index in [0.717, 1.165) is 39.0 Å². The van der Waals surface area contributed by atoms with E-state index in [0.29, 0.717) is 13.0 Å². The molecule has 0 unspecified atom stereocenters. The van der Waals surface area contributed by atoms with Crippen molar-refractivity contribution < 1.29 is 14.0 Å². The Labute approximate surface area is 196 Å². The second-order valence-electron chi connectivity index (χ2n) is 9.43. The summed E-state index contributed by atoms with van der Waals surface area (Å²) in [5.74, 6) is -0.0976. The van der Waals surface area contributed by atoms with Gasteiger partial charge in [0.25, 0.3) is 8.32 Å². The molecule has 0 N–H and O–H groups in total. The molecule has 0 saturated heterocycles. The molecule has 2 rings (SSSR count). The lowest BCUT2D eigenvalue weighted by molar-refractivity contribution is -0.143. The zero-order chi connectivity index (χ0) is 23.5. The third-order valence-corrected chi connectivity index (χ3v) is 10.9. The van der Waals surface area contributed by atoms with Gasteiger partial charge in [0.15, 0.2) is 0 Å². The van der Waals surface area contributed by atoms with Crippen molar-refractivity contribution in [2.75, 3.05) is 33.4 Å². The minimum absolute atomic E-state index is 0.0135. The van der Waals surface area contributed by atoms with Crippen LogP contribution < -0.4 is 10.4 Å². The van der Waals surface area contributed by atoms with E-state index in [9.17, 15) is 4.79 Å². The summed E-state index contributed by atoms with van der Waals surface area (Å²) in [4.78, 5) is 13.8. The highest BCUT2D eigenvalue weighted by Crippen LogP contribution is 2.36. The standard InChI is InChI=1S/C27H41NO3Si/c1-6-30-26(29)20-15-22-28(5)21-13-14-23-31-32(27(2,3)4,24-16-9-7-10-17-24)25-18-11-8-12-19-25/h7-12,16-19H,6,13-15,20-23H2,1-5H3. The Kier molecular flexibility index (Phi) is 10.6. The largest absolute Gasteiger partial charge is 0.466 e. The molecule has 176 valence electrons. The molecule has 0 atom stereocenters. The lowest BCUT2D eigenvalue weighted by Gasteiger charge is -2.43. The molecular weight excluding hydrogens is 414 g/mol. The first-order valence-electron chi connectivity index (χ1n) is 11.9. The summed E-state index contributed by atoms with van der Waals surface area (Å²) in [5, 5.41) is 2.67. The monoisotopic (exact) mass is 455 g/mol. The van der Waals surface area contributed by atoms with Crippen LogP contribution >= 0.6 is 0 Å². The van der Waals surface area contributed by atoms with Crippen LogP contribution in [0.4, 0.5) is 0 Å². The molecule has 4 nitrogen and oxygen atoms in total. The fourth-order valence-corrected chi connectivity index (χ4v) is 8.91. The number of carbonyl (C=O) groups is 1. The number of rotatable bonds is 13. The van der Waals surface area contributed by atoms with Crippen molar-refractivity contribution in [2.24, 2.45) is 0 Å².